The van der Waals surface area contributed by atoms with E-state index in [1.54, 1.807) is 22.8 Å². The van der Waals surface area contributed by atoms with Crippen LogP contribution in [0.25, 0.3) is 11.1 Å². The van der Waals surface area contributed by atoms with E-state index in [0.29, 0.717) is 17.8 Å². The molecule has 1 aromatic carbocycles. The summed E-state index contributed by atoms with van der Waals surface area (Å²) in [7, 11) is 0. The van der Waals surface area contributed by atoms with Gasteiger partial charge in [-0.25, -0.2) is 4.79 Å². The maximum atomic E-state index is 11.6. The smallest absolute Gasteiger partial charge is 0.408 e. The summed E-state index contributed by atoms with van der Waals surface area (Å²) in [4.78, 5) is 22.5. The van der Waals surface area contributed by atoms with Gasteiger partial charge in [-0.15, -0.1) is 0 Å². The number of carbonyl (C=O) groups excluding carboxylic acids is 1. The summed E-state index contributed by atoms with van der Waals surface area (Å²) in [6.45, 7) is 4.06. The number of oxazole rings is 1. The van der Waals surface area contributed by atoms with Crippen LogP contribution in [0.1, 0.15) is 20.3 Å². The lowest BCUT2D eigenvalue weighted by Crippen LogP contribution is -2.13. The van der Waals surface area contributed by atoms with E-state index in [1.165, 1.54) is 6.92 Å². The first-order valence-electron chi connectivity index (χ1n) is 5.53. The Morgan fingerprint density at radius 2 is 2.24 bits per heavy atom. The Hall–Kier alpha value is -2.04. The fourth-order valence-electron chi connectivity index (χ4n) is 1.78. The van der Waals surface area contributed by atoms with Gasteiger partial charge in [-0.1, -0.05) is 6.92 Å². The molecule has 5 heteroatoms. The van der Waals surface area contributed by atoms with Gasteiger partial charge in [-0.3, -0.25) is 9.36 Å². The van der Waals surface area contributed by atoms with E-state index in [9.17, 15) is 9.59 Å². The Morgan fingerprint density at radius 1 is 1.47 bits per heavy atom. The quantitative estimate of drug-likeness (QED) is 0.882. The van der Waals surface area contributed by atoms with Crippen molar-refractivity contribution in [1.82, 2.24) is 4.57 Å². The zero-order chi connectivity index (χ0) is 12.4. The second-order valence-corrected chi connectivity index (χ2v) is 3.88. The third-order valence-electron chi connectivity index (χ3n) is 2.44. The number of amides is 1. The fraction of sp³-hybridized carbons (Fsp3) is 0.333. The van der Waals surface area contributed by atoms with Crippen LogP contribution in [0, 0.1) is 0 Å². The predicted molar refractivity (Wildman–Crippen MR) is 65.1 cm³/mol. The number of hydrogen-bond donors (Lipinski definition) is 1. The minimum atomic E-state index is -0.359. The number of rotatable bonds is 3. The number of hydrogen-bond acceptors (Lipinski definition) is 3. The Bertz CT molecular complexity index is 610. The van der Waals surface area contributed by atoms with E-state index in [4.69, 9.17) is 4.42 Å². The Labute approximate surface area is 98.0 Å². The summed E-state index contributed by atoms with van der Waals surface area (Å²) in [6, 6.07) is 5.19. The van der Waals surface area contributed by atoms with E-state index >= 15 is 0 Å². The molecular formula is C12H14N2O3. The van der Waals surface area contributed by atoms with Gasteiger partial charge in [0.25, 0.3) is 0 Å². The molecule has 17 heavy (non-hydrogen) atoms. The number of aryl methyl sites for hydroxylation is 1. The monoisotopic (exact) mass is 234 g/mol. The van der Waals surface area contributed by atoms with Crippen LogP contribution in [0.5, 0.6) is 0 Å². The Balaban J connectivity index is 2.49. The molecule has 2 rings (SSSR count). The van der Waals surface area contributed by atoms with Crippen molar-refractivity contribution in [3.8, 4) is 0 Å². The zero-order valence-corrected chi connectivity index (χ0v) is 9.82. The molecule has 0 unspecified atom stereocenters. The predicted octanol–water partition coefficient (Wildman–Crippen LogP) is 1.96. The van der Waals surface area contributed by atoms with Crippen LogP contribution in [0.3, 0.4) is 0 Å². The van der Waals surface area contributed by atoms with Crippen LogP contribution in [0.15, 0.2) is 27.4 Å². The van der Waals surface area contributed by atoms with E-state index in [2.05, 4.69) is 5.32 Å². The molecule has 0 spiro atoms. The molecule has 0 saturated carbocycles. The average Bonchev–Trinajstić information content (AvgIpc) is 2.54. The normalized spacial score (nSPS) is 10.7. The van der Waals surface area contributed by atoms with Crippen LogP contribution < -0.4 is 11.1 Å². The third kappa shape index (κ3) is 2.22. The summed E-state index contributed by atoms with van der Waals surface area (Å²) >= 11 is 0. The number of nitrogens with one attached hydrogen (secondary N) is 1. The summed E-state index contributed by atoms with van der Waals surface area (Å²) in [5.41, 5.74) is 1.88. The summed E-state index contributed by atoms with van der Waals surface area (Å²) in [5.74, 6) is -0.512. The van der Waals surface area contributed by atoms with Crippen molar-refractivity contribution < 1.29 is 9.21 Å². The molecule has 0 radical (unpaired) electrons. The fourth-order valence-corrected chi connectivity index (χ4v) is 1.78. The van der Waals surface area contributed by atoms with Gasteiger partial charge in [0.1, 0.15) is 0 Å². The molecular weight excluding hydrogens is 220 g/mol. The number of fused-ring (bicyclic) bond motifs is 1. The highest BCUT2D eigenvalue weighted by Gasteiger charge is 2.09. The molecule has 1 aromatic heterocycles. The van der Waals surface area contributed by atoms with E-state index in [0.717, 1.165) is 11.9 Å². The minimum Gasteiger partial charge on any atom is -0.408 e. The first kappa shape index (κ1) is 11.4. The molecule has 0 aliphatic rings. The first-order chi connectivity index (χ1) is 8.11. The van der Waals surface area contributed by atoms with Gasteiger partial charge in [0.05, 0.1) is 5.52 Å². The Kier molecular flexibility index (Phi) is 2.99. The Morgan fingerprint density at radius 3 is 2.88 bits per heavy atom. The topological polar surface area (TPSA) is 64.2 Å². The molecule has 0 atom stereocenters. The van der Waals surface area contributed by atoms with Crippen molar-refractivity contribution in [3.63, 3.8) is 0 Å². The van der Waals surface area contributed by atoms with Gasteiger partial charge in [-0.05, 0) is 18.6 Å². The van der Waals surface area contributed by atoms with Gasteiger partial charge < -0.3 is 9.73 Å². The van der Waals surface area contributed by atoms with Crippen LogP contribution in [-0.4, -0.2) is 10.5 Å². The molecule has 1 amide bonds. The standard InChI is InChI=1S/C12H14N2O3/c1-3-6-14-10-5-4-9(13-8(2)15)7-11(10)17-12(14)16/h4-5,7H,3,6H2,1-2H3,(H,13,15). The van der Waals surface area contributed by atoms with Crippen LogP contribution in [-0.2, 0) is 11.3 Å². The van der Waals surface area contributed by atoms with Gasteiger partial charge in [0.2, 0.25) is 5.91 Å². The van der Waals surface area contributed by atoms with Gasteiger partial charge in [-0.2, -0.15) is 0 Å². The highest BCUT2D eigenvalue weighted by molar-refractivity contribution is 5.91. The van der Waals surface area contributed by atoms with Crippen molar-refractivity contribution in [2.75, 3.05) is 5.32 Å². The molecule has 90 valence electrons. The lowest BCUT2D eigenvalue weighted by atomic mass is 10.2. The minimum absolute atomic E-state index is 0.153. The first-order valence-corrected chi connectivity index (χ1v) is 5.53. The maximum Gasteiger partial charge on any atom is 0.419 e. The summed E-state index contributed by atoms with van der Waals surface area (Å²) in [6.07, 6.45) is 0.863. The van der Waals surface area contributed by atoms with Gasteiger partial charge in [0.15, 0.2) is 5.58 Å². The molecule has 0 saturated heterocycles. The molecule has 0 aliphatic carbocycles. The molecule has 0 aliphatic heterocycles. The van der Waals surface area contributed by atoms with Gasteiger partial charge in [0, 0.05) is 25.2 Å². The molecule has 2 aromatic rings. The number of nitrogens with zero attached hydrogens (tertiary/aromatic N) is 1. The maximum absolute atomic E-state index is 11.6. The largest absolute Gasteiger partial charge is 0.419 e. The van der Waals surface area contributed by atoms with Crippen molar-refractivity contribution in [3.05, 3.63) is 28.7 Å². The highest BCUT2D eigenvalue weighted by Crippen LogP contribution is 2.18. The molecule has 1 N–H and O–H groups in total. The SMILES string of the molecule is CCCn1c(=O)oc2cc(NC(C)=O)ccc21. The number of anilines is 1. The van der Waals surface area contributed by atoms with Crippen molar-refractivity contribution >= 4 is 22.7 Å². The second kappa shape index (κ2) is 4.45. The van der Waals surface area contributed by atoms with Gasteiger partial charge >= 0.3 is 5.76 Å². The van der Waals surface area contributed by atoms with E-state index in [1.807, 2.05) is 6.92 Å². The number of aromatic nitrogens is 1. The van der Waals surface area contributed by atoms with Crippen molar-refractivity contribution in [2.45, 2.75) is 26.8 Å². The lowest BCUT2D eigenvalue weighted by Gasteiger charge is -2.02. The van der Waals surface area contributed by atoms with E-state index < -0.39 is 0 Å². The van der Waals surface area contributed by atoms with Crippen molar-refractivity contribution in [1.29, 1.82) is 0 Å². The van der Waals surface area contributed by atoms with Crippen LogP contribution >= 0.6 is 0 Å². The molecule has 1 heterocycles. The summed E-state index contributed by atoms with van der Waals surface area (Å²) < 4.78 is 6.72. The second-order valence-electron chi connectivity index (χ2n) is 3.88. The highest BCUT2D eigenvalue weighted by atomic mass is 16.4. The zero-order valence-electron chi connectivity index (χ0n) is 9.82. The molecule has 5 nitrogen and oxygen atoms in total. The molecule has 0 fully saturated rings. The van der Waals surface area contributed by atoms with E-state index in [-0.39, 0.29) is 11.7 Å². The number of carbonyl (C=O) groups is 1. The van der Waals surface area contributed by atoms with Crippen molar-refractivity contribution in [2.24, 2.45) is 0 Å². The lowest BCUT2D eigenvalue weighted by molar-refractivity contribution is -0.114. The summed E-state index contributed by atoms with van der Waals surface area (Å²) in [5, 5.41) is 2.65. The average molecular weight is 234 g/mol. The number of benzene rings is 1. The third-order valence-corrected chi connectivity index (χ3v) is 2.44. The van der Waals surface area contributed by atoms with Crippen LogP contribution in [0.2, 0.25) is 0 Å². The van der Waals surface area contributed by atoms with Crippen LogP contribution in [0.4, 0.5) is 5.69 Å². The molecule has 0 bridgehead atoms.